The van der Waals surface area contributed by atoms with Gasteiger partial charge in [-0.05, 0) is 11.8 Å². The third-order valence-electron chi connectivity index (χ3n) is 7.48. The Hall–Kier alpha value is -2.96. The minimum atomic E-state index is -5.14. The fourth-order valence-corrected chi connectivity index (χ4v) is 7.78. The van der Waals surface area contributed by atoms with Crippen molar-refractivity contribution in [3.8, 4) is 0 Å². The average Bonchev–Trinajstić information content (AvgIpc) is 3.73. The molecule has 10 unspecified atom stereocenters. The molecule has 7 heterocycles. The molecule has 9 N–H and O–H groups in total. The molecule has 0 amide bonds. The number of hydrogen-bond acceptors (Lipinski definition) is 18. The zero-order chi connectivity index (χ0) is 32.8. The number of aliphatic hydroxyl groups excluding tert-OH is 2. The molecule has 0 aliphatic carbocycles. The Labute approximate surface area is 261 Å². The molecule has 10 atom stereocenters. The highest BCUT2D eigenvalue weighted by Crippen LogP contribution is 2.55. The summed E-state index contributed by atoms with van der Waals surface area (Å²) in [7, 11) is 1.30. The van der Waals surface area contributed by atoms with Crippen molar-refractivity contribution in [3.63, 3.8) is 0 Å². The van der Waals surface area contributed by atoms with Crippen molar-refractivity contribution < 1.29 is 52.1 Å². The molecule has 3 saturated heterocycles. The van der Waals surface area contributed by atoms with Gasteiger partial charge in [0.2, 0.25) is 5.95 Å². The highest BCUT2D eigenvalue weighted by Gasteiger charge is 2.57. The molecule has 3 aliphatic heterocycles. The number of rotatable bonds is 2. The number of ether oxygens (including phenoxy) is 2. The van der Waals surface area contributed by atoms with E-state index in [9.17, 15) is 29.4 Å². The maximum absolute atomic E-state index is 13.2. The van der Waals surface area contributed by atoms with Crippen LogP contribution in [0, 0.1) is 0 Å². The van der Waals surface area contributed by atoms with E-state index >= 15 is 0 Å². The summed E-state index contributed by atoms with van der Waals surface area (Å²) in [4.78, 5) is 56.5. The molecule has 244 valence electrons. The number of phosphoric acid groups is 1. The van der Waals surface area contributed by atoms with Crippen molar-refractivity contribution in [1.29, 1.82) is 0 Å². The zero-order valence-electron chi connectivity index (χ0n) is 22.9. The summed E-state index contributed by atoms with van der Waals surface area (Å²) < 4.78 is 49.0. The van der Waals surface area contributed by atoms with Gasteiger partial charge in [0.25, 0.3) is 5.56 Å². The second kappa shape index (κ2) is 11.1. The summed E-state index contributed by atoms with van der Waals surface area (Å²) in [5, 5.41) is 22.4. The smallest absolute Gasteiger partial charge is 0.387 e. The normalized spacial score (nSPS) is 38.7. The first-order valence-corrected chi connectivity index (χ1v) is 17.2. The van der Waals surface area contributed by atoms with Gasteiger partial charge in [-0.3, -0.25) is 32.5 Å². The van der Waals surface area contributed by atoms with E-state index in [0.717, 1.165) is 12.7 Å². The van der Waals surface area contributed by atoms with Crippen LogP contribution in [0.3, 0.4) is 0 Å². The number of nitrogen functional groups attached to an aromatic ring is 2. The molecule has 0 spiro atoms. The van der Waals surface area contributed by atoms with E-state index in [1.54, 1.807) is 0 Å². The van der Waals surface area contributed by atoms with Crippen LogP contribution in [0.5, 0.6) is 0 Å². The highest BCUT2D eigenvalue weighted by atomic mass is 32.5. The van der Waals surface area contributed by atoms with Crippen LogP contribution in [0.4, 0.5) is 11.8 Å². The van der Waals surface area contributed by atoms with Crippen LogP contribution in [-0.2, 0) is 43.9 Å². The monoisotopic (exact) mass is 700 g/mol. The number of nitrogens with one attached hydrogen (secondary N) is 1. The summed E-state index contributed by atoms with van der Waals surface area (Å²) in [5.74, 6) is -0.231. The van der Waals surface area contributed by atoms with Crippen molar-refractivity contribution in [2.45, 2.75) is 48.5 Å². The maximum Gasteiger partial charge on any atom is 0.472 e. The van der Waals surface area contributed by atoms with Crippen LogP contribution >= 0.6 is 14.5 Å². The fourth-order valence-electron chi connectivity index (χ4n) is 5.38. The van der Waals surface area contributed by atoms with Gasteiger partial charge in [-0.2, -0.15) is 4.98 Å². The van der Waals surface area contributed by atoms with Gasteiger partial charge in [0.15, 0.2) is 35.1 Å². The predicted molar refractivity (Wildman–Crippen MR) is 155 cm³/mol. The molecule has 0 saturated carbocycles. The second-order valence-corrected chi connectivity index (χ2v) is 14.7. The quantitative estimate of drug-likeness (QED) is 0.0824. The van der Waals surface area contributed by atoms with Gasteiger partial charge in [0.1, 0.15) is 50.2 Å². The summed E-state index contributed by atoms with van der Waals surface area (Å²) >= 11 is 5.21. The van der Waals surface area contributed by atoms with Gasteiger partial charge in [-0.1, -0.05) is 0 Å². The molecule has 2 radical (unpaired) electrons. The zero-order valence-corrected chi connectivity index (χ0v) is 25.5. The molecule has 4 aromatic heterocycles. The van der Waals surface area contributed by atoms with Crippen LogP contribution in [0.2, 0.25) is 0 Å². The van der Waals surface area contributed by atoms with Crippen molar-refractivity contribution in [2.24, 2.45) is 0 Å². The van der Waals surface area contributed by atoms with Crippen molar-refractivity contribution in [3.05, 3.63) is 29.3 Å². The SMILES string of the molecule is [B]C12COP(O)(=S)OC3C(O)C(COP(=O)(O)OC1C(O)C(n1cnc4c(N)ncnc41)O2)OC3n1cnc2c(=O)[nH]c(N)nc21. The van der Waals surface area contributed by atoms with Gasteiger partial charge < -0.3 is 45.5 Å². The fraction of sp³-hybridized carbons (Fsp3) is 0.500. The Morgan fingerprint density at radius 2 is 1.74 bits per heavy atom. The Kier molecular flexibility index (Phi) is 7.60. The van der Waals surface area contributed by atoms with E-state index in [4.69, 9.17) is 58.7 Å². The molecular weight excluding hydrogens is 677 g/mol. The number of nitrogens with zero attached hydrogens (tertiary/aromatic N) is 7. The van der Waals surface area contributed by atoms with Gasteiger partial charge in [-0.15, -0.1) is 0 Å². The van der Waals surface area contributed by atoms with E-state index < -0.39 is 81.8 Å². The van der Waals surface area contributed by atoms with Crippen LogP contribution < -0.4 is 17.0 Å². The Balaban J connectivity index is 1.23. The first-order valence-electron chi connectivity index (χ1n) is 13.1. The summed E-state index contributed by atoms with van der Waals surface area (Å²) in [6.07, 6.45) is -7.67. The maximum atomic E-state index is 13.2. The van der Waals surface area contributed by atoms with Crippen LogP contribution in [-0.4, -0.2) is 116 Å². The molecule has 7 rings (SSSR count). The third kappa shape index (κ3) is 5.34. The van der Waals surface area contributed by atoms with E-state index in [1.165, 1.54) is 15.5 Å². The number of aromatic nitrogens is 8. The Bertz CT molecular complexity index is 2000. The lowest BCUT2D eigenvalue weighted by atomic mass is 9.77. The summed E-state index contributed by atoms with van der Waals surface area (Å²) in [6, 6.07) is 0. The van der Waals surface area contributed by atoms with Gasteiger partial charge in [0.05, 0.1) is 31.4 Å². The molecular formula is C20H23BN10O12P2S. The summed E-state index contributed by atoms with van der Waals surface area (Å²) in [5.41, 5.74) is 8.63. The highest BCUT2D eigenvalue weighted by molar-refractivity contribution is 8.07. The van der Waals surface area contributed by atoms with E-state index in [0.29, 0.717) is 0 Å². The number of nitrogens with two attached hydrogens (primary N) is 2. The largest absolute Gasteiger partial charge is 0.472 e. The number of aromatic amines is 1. The number of H-pyrrole nitrogens is 1. The molecule has 4 aromatic rings. The molecule has 22 nitrogen and oxygen atoms in total. The molecule has 2 bridgehead atoms. The second-order valence-electron chi connectivity index (χ2n) is 10.5. The molecule has 46 heavy (non-hydrogen) atoms. The molecule has 3 fully saturated rings. The van der Waals surface area contributed by atoms with Gasteiger partial charge in [-0.25, -0.2) is 24.5 Å². The number of aliphatic hydroxyl groups is 2. The Morgan fingerprint density at radius 3 is 2.50 bits per heavy atom. The lowest BCUT2D eigenvalue weighted by Crippen LogP contribution is -2.48. The van der Waals surface area contributed by atoms with Crippen LogP contribution in [0.1, 0.15) is 12.5 Å². The molecule has 26 heteroatoms. The first-order chi connectivity index (χ1) is 21.7. The number of fused-ring (bicyclic) bond motifs is 5. The third-order valence-corrected chi connectivity index (χ3v) is 9.99. The van der Waals surface area contributed by atoms with E-state index in [2.05, 4.69) is 29.9 Å². The average molecular weight is 700 g/mol. The van der Waals surface area contributed by atoms with E-state index in [-0.39, 0.29) is 34.1 Å². The standard InChI is InChI=1S/C20H23BN10O12P2S/c21-20-2-39-45(37,46)42-11-9(32)6(40-18(11)31-5-27-8-15(31)28-19(23)29-16(8)34)1-38-44(35,36)43-12(20)10(33)17(41-20)30-4-26-7-13(22)24-3-25-14(7)30/h3-6,9-12,17-18,32-33H,1-2H2,(H,35,36)(H,37,46)(H2,22,24,25)(H3,23,28,29,34). The van der Waals surface area contributed by atoms with Gasteiger partial charge in [0, 0.05) is 0 Å². The lowest BCUT2D eigenvalue weighted by Gasteiger charge is -2.33. The van der Waals surface area contributed by atoms with Crippen molar-refractivity contribution >= 4 is 68.3 Å². The lowest BCUT2D eigenvalue weighted by molar-refractivity contribution is -0.0806. The molecule has 3 aliphatic rings. The Morgan fingerprint density at radius 1 is 1.02 bits per heavy atom. The number of hydrogen-bond donors (Lipinski definition) is 7. The number of imidazole rings is 2. The van der Waals surface area contributed by atoms with Crippen LogP contribution in [0.25, 0.3) is 22.3 Å². The minimum absolute atomic E-state index is 0.0271. The van der Waals surface area contributed by atoms with Crippen molar-refractivity contribution in [1.82, 2.24) is 39.0 Å². The van der Waals surface area contributed by atoms with Gasteiger partial charge >= 0.3 is 14.5 Å². The van der Waals surface area contributed by atoms with Crippen molar-refractivity contribution in [2.75, 3.05) is 24.7 Å². The first kappa shape index (κ1) is 31.6. The number of anilines is 2. The van der Waals surface area contributed by atoms with Crippen LogP contribution in [0.15, 0.2) is 23.8 Å². The van der Waals surface area contributed by atoms with E-state index in [1.807, 2.05) is 0 Å². The topological polar surface area (TPSA) is 313 Å². The summed E-state index contributed by atoms with van der Waals surface area (Å²) in [6.45, 7) is -6.09. The number of phosphoric ester groups is 1. The predicted octanol–water partition coefficient (Wildman–Crippen LogP) is -2.73. The minimum Gasteiger partial charge on any atom is -0.387 e. The molecule has 0 aromatic carbocycles.